The van der Waals surface area contributed by atoms with Gasteiger partial charge in [-0.05, 0) is 19.0 Å². The first kappa shape index (κ1) is 7.07. The number of nitrogens with zero attached hydrogens (tertiary/aromatic N) is 1. The molecule has 0 saturated carbocycles. The van der Waals surface area contributed by atoms with Gasteiger partial charge >= 0.3 is 0 Å². The molecule has 0 aliphatic rings. The molecular formula is C4H11N3O. The van der Waals surface area contributed by atoms with Gasteiger partial charge in [0, 0.05) is 0 Å². The van der Waals surface area contributed by atoms with Gasteiger partial charge in [0.15, 0.2) is 0 Å². The van der Waals surface area contributed by atoms with Gasteiger partial charge in [0.25, 0.3) is 0 Å². The van der Waals surface area contributed by atoms with Crippen molar-refractivity contribution in [3.8, 4) is 0 Å². The van der Waals surface area contributed by atoms with Crippen molar-refractivity contribution >= 4 is 5.96 Å². The molecule has 0 rings (SSSR count). The third-order valence-electron chi connectivity index (χ3n) is 0.369. The molecule has 48 valence electrons. The zero-order valence-corrected chi connectivity index (χ0v) is 5.09. The number of hydrogen-bond acceptors (Lipinski definition) is 2. The lowest BCUT2D eigenvalue weighted by Crippen LogP contribution is -2.23. The monoisotopic (exact) mass is 117 g/mol. The molecule has 0 aromatic heterocycles. The van der Waals surface area contributed by atoms with E-state index < -0.39 is 0 Å². The summed E-state index contributed by atoms with van der Waals surface area (Å²) in [7, 11) is 0. The standard InChI is InChI=1S/C4H11N3O/c1-3(2)8-7-4(5)6/h3H,1-2H3,(H4,5,6,7). The fourth-order valence-electron chi connectivity index (χ4n) is 0.166. The molecule has 0 aromatic carbocycles. The minimum absolute atomic E-state index is 0.0390. The third-order valence-corrected chi connectivity index (χ3v) is 0.369. The maximum absolute atomic E-state index is 4.94. The molecule has 0 saturated heterocycles. The molecule has 8 heavy (non-hydrogen) atoms. The van der Waals surface area contributed by atoms with Crippen LogP contribution in [0.2, 0.25) is 0 Å². The van der Waals surface area contributed by atoms with Crippen LogP contribution in [0.1, 0.15) is 13.8 Å². The Morgan fingerprint density at radius 1 is 1.50 bits per heavy atom. The Balaban J connectivity index is 3.29. The van der Waals surface area contributed by atoms with Crippen molar-refractivity contribution in [3.63, 3.8) is 0 Å². The number of nitrogens with two attached hydrogens (primary N) is 2. The number of rotatable bonds is 2. The van der Waals surface area contributed by atoms with E-state index in [2.05, 4.69) is 9.99 Å². The van der Waals surface area contributed by atoms with Crippen LogP contribution in [0.4, 0.5) is 0 Å². The van der Waals surface area contributed by atoms with Crippen molar-refractivity contribution in [3.05, 3.63) is 0 Å². The van der Waals surface area contributed by atoms with E-state index >= 15 is 0 Å². The fourth-order valence-corrected chi connectivity index (χ4v) is 0.166. The van der Waals surface area contributed by atoms with E-state index in [4.69, 9.17) is 11.5 Å². The summed E-state index contributed by atoms with van der Waals surface area (Å²) in [6, 6.07) is 0. The summed E-state index contributed by atoms with van der Waals surface area (Å²) >= 11 is 0. The van der Waals surface area contributed by atoms with Gasteiger partial charge in [-0.1, -0.05) is 0 Å². The molecule has 4 nitrogen and oxygen atoms in total. The molecule has 0 spiro atoms. The largest absolute Gasteiger partial charge is 0.390 e. The zero-order chi connectivity index (χ0) is 6.57. The van der Waals surface area contributed by atoms with Crippen molar-refractivity contribution < 1.29 is 4.84 Å². The van der Waals surface area contributed by atoms with Crippen LogP contribution in [0.15, 0.2) is 5.16 Å². The van der Waals surface area contributed by atoms with E-state index in [9.17, 15) is 0 Å². The molecule has 0 aliphatic heterocycles. The normalized spacial score (nSPS) is 8.88. The lowest BCUT2D eigenvalue weighted by Gasteiger charge is -1.99. The number of guanidine groups is 1. The summed E-state index contributed by atoms with van der Waals surface area (Å²) < 4.78 is 0. The molecule has 0 amide bonds. The van der Waals surface area contributed by atoms with Crippen LogP contribution in [0.3, 0.4) is 0 Å². The topological polar surface area (TPSA) is 73.6 Å². The number of hydrogen-bond donors (Lipinski definition) is 2. The van der Waals surface area contributed by atoms with Crippen LogP contribution < -0.4 is 11.5 Å². The Morgan fingerprint density at radius 2 is 2.00 bits per heavy atom. The Bertz CT molecular complexity index is 85.3. The van der Waals surface area contributed by atoms with E-state index in [0.717, 1.165) is 0 Å². The van der Waals surface area contributed by atoms with Gasteiger partial charge in [-0.3, -0.25) is 0 Å². The molecule has 4 N–H and O–H groups in total. The van der Waals surface area contributed by atoms with Crippen LogP contribution >= 0.6 is 0 Å². The lowest BCUT2D eigenvalue weighted by molar-refractivity contribution is 0.0853. The third kappa shape index (κ3) is 5.07. The van der Waals surface area contributed by atoms with Gasteiger partial charge < -0.3 is 16.3 Å². The second-order valence-corrected chi connectivity index (χ2v) is 1.67. The summed E-state index contributed by atoms with van der Waals surface area (Å²) in [4.78, 5) is 4.64. The average Bonchev–Trinajstić information content (AvgIpc) is 1.61. The average molecular weight is 117 g/mol. The second kappa shape index (κ2) is 3.12. The second-order valence-electron chi connectivity index (χ2n) is 1.67. The SMILES string of the molecule is CC(C)ON=C(N)N. The van der Waals surface area contributed by atoms with E-state index in [1.165, 1.54) is 0 Å². The quantitative estimate of drug-likeness (QED) is 0.293. The molecule has 0 radical (unpaired) electrons. The van der Waals surface area contributed by atoms with E-state index in [1.54, 1.807) is 0 Å². The summed E-state index contributed by atoms with van der Waals surface area (Å²) in [6.07, 6.45) is 0.0390. The van der Waals surface area contributed by atoms with Crippen LogP contribution in [0.5, 0.6) is 0 Å². The minimum atomic E-state index is -0.0429. The van der Waals surface area contributed by atoms with Gasteiger partial charge in [-0.2, -0.15) is 0 Å². The van der Waals surface area contributed by atoms with Gasteiger partial charge in [0.1, 0.15) is 6.10 Å². The molecule has 0 aromatic rings. The minimum Gasteiger partial charge on any atom is -0.390 e. The molecule has 0 aliphatic carbocycles. The van der Waals surface area contributed by atoms with Crippen molar-refractivity contribution in [2.75, 3.05) is 0 Å². The summed E-state index contributed by atoms with van der Waals surface area (Å²) in [5.41, 5.74) is 9.89. The van der Waals surface area contributed by atoms with Crippen molar-refractivity contribution in [2.24, 2.45) is 16.6 Å². The molecule has 0 fully saturated rings. The van der Waals surface area contributed by atoms with Crippen molar-refractivity contribution in [2.45, 2.75) is 20.0 Å². The molecule has 0 atom stereocenters. The number of oxime groups is 1. The molecule has 0 bridgehead atoms. The van der Waals surface area contributed by atoms with Gasteiger partial charge in [0.05, 0.1) is 0 Å². The Labute approximate surface area is 48.5 Å². The Kier molecular flexibility index (Phi) is 2.76. The maximum atomic E-state index is 4.94. The van der Waals surface area contributed by atoms with E-state index in [0.29, 0.717) is 0 Å². The van der Waals surface area contributed by atoms with Crippen LogP contribution in [-0.4, -0.2) is 12.1 Å². The predicted molar refractivity (Wildman–Crippen MR) is 32.0 cm³/mol. The van der Waals surface area contributed by atoms with Crippen LogP contribution in [-0.2, 0) is 4.84 Å². The summed E-state index contributed by atoms with van der Waals surface area (Å²) in [6.45, 7) is 3.68. The van der Waals surface area contributed by atoms with Crippen LogP contribution in [0.25, 0.3) is 0 Å². The predicted octanol–water partition coefficient (Wildman–Crippen LogP) is -0.400. The van der Waals surface area contributed by atoms with E-state index in [-0.39, 0.29) is 12.1 Å². The zero-order valence-electron chi connectivity index (χ0n) is 5.09. The first-order chi connectivity index (χ1) is 3.63. The highest BCUT2D eigenvalue weighted by atomic mass is 16.6. The Morgan fingerprint density at radius 3 is 2.12 bits per heavy atom. The summed E-state index contributed by atoms with van der Waals surface area (Å²) in [5.74, 6) is -0.0429. The smallest absolute Gasteiger partial charge is 0.228 e. The maximum Gasteiger partial charge on any atom is 0.228 e. The molecule has 4 heteroatoms. The van der Waals surface area contributed by atoms with Gasteiger partial charge in [-0.25, -0.2) is 0 Å². The highest BCUT2D eigenvalue weighted by molar-refractivity contribution is 5.74. The Hall–Kier alpha value is -0.930. The van der Waals surface area contributed by atoms with Gasteiger partial charge in [-0.15, -0.1) is 0 Å². The van der Waals surface area contributed by atoms with E-state index in [1.807, 2.05) is 13.8 Å². The molecular weight excluding hydrogens is 106 g/mol. The lowest BCUT2D eigenvalue weighted by atomic mass is 10.5. The molecule has 0 heterocycles. The van der Waals surface area contributed by atoms with Crippen molar-refractivity contribution in [1.82, 2.24) is 0 Å². The van der Waals surface area contributed by atoms with Gasteiger partial charge in [0.2, 0.25) is 5.96 Å². The first-order valence-electron chi connectivity index (χ1n) is 2.37. The highest BCUT2D eigenvalue weighted by Crippen LogP contribution is 1.85. The highest BCUT2D eigenvalue weighted by Gasteiger charge is 1.87. The fraction of sp³-hybridized carbons (Fsp3) is 0.750. The summed E-state index contributed by atoms with van der Waals surface area (Å²) in [5, 5.41) is 3.30. The van der Waals surface area contributed by atoms with Crippen molar-refractivity contribution in [1.29, 1.82) is 0 Å². The molecule has 0 unspecified atom stereocenters. The van der Waals surface area contributed by atoms with Crippen LogP contribution in [0, 0.1) is 0 Å². The first-order valence-corrected chi connectivity index (χ1v) is 2.37.